The number of hydrogen-bond acceptors (Lipinski definition) is 6. The quantitative estimate of drug-likeness (QED) is 0.542. The number of aromatic amines is 1. The SMILES string of the molecule is Cc1cn([C@H]2C[C@H](OP(C)(=O)F)[C@@H](CO[Si](C)(C)C(C)(C)C)O2)c(=O)[nH]c1=O. The van der Waals surface area contributed by atoms with Gasteiger partial charge in [-0.3, -0.25) is 23.4 Å². The number of nitrogens with one attached hydrogen (secondary N) is 1. The number of hydrogen-bond donors (Lipinski definition) is 1. The highest BCUT2D eigenvalue weighted by Gasteiger charge is 2.43. The van der Waals surface area contributed by atoms with Crippen LogP contribution in [0.5, 0.6) is 0 Å². The van der Waals surface area contributed by atoms with Gasteiger partial charge in [-0.25, -0.2) is 4.79 Å². The topological polar surface area (TPSA) is 99.6 Å². The van der Waals surface area contributed by atoms with Gasteiger partial charge in [-0.05, 0) is 25.1 Å². The van der Waals surface area contributed by atoms with Crippen molar-refractivity contribution in [1.82, 2.24) is 9.55 Å². The van der Waals surface area contributed by atoms with Crippen LogP contribution in [0.1, 0.15) is 39.0 Å². The molecule has 1 aromatic heterocycles. The third-order valence-electron chi connectivity index (χ3n) is 5.37. The average molecular weight is 436 g/mol. The smallest absolute Gasteiger partial charge is 0.364 e. The third-order valence-corrected chi connectivity index (χ3v) is 10.5. The molecular formula is C17H30FN2O6PSi. The molecule has 28 heavy (non-hydrogen) atoms. The van der Waals surface area contributed by atoms with E-state index in [4.69, 9.17) is 13.7 Å². The Morgan fingerprint density at radius 2 is 2.00 bits per heavy atom. The molecule has 1 aromatic rings. The molecule has 1 aliphatic rings. The van der Waals surface area contributed by atoms with Crippen LogP contribution in [0.3, 0.4) is 0 Å². The van der Waals surface area contributed by atoms with Crippen molar-refractivity contribution in [3.63, 3.8) is 0 Å². The van der Waals surface area contributed by atoms with Crippen LogP contribution in [0.25, 0.3) is 0 Å². The summed E-state index contributed by atoms with van der Waals surface area (Å²) >= 11 is 0. The van der Waals surface area contributed by atoms with E-state index in [1.54, 1.807) is 6.92 Å². The highest BCUT2D eigenvalue weighted by atomic mass is 31.2. The molecule has 0 saturated carbocycles. The number of aryl methyl sites for hydroxylation is 1. The Morgan fingerprint density at radius 3 is 2.54 bits per heavy atom. The van der Waals surface area contributed by atoms with E-state index in [1.165, 1.54) is 10.8 Å². The number of rotatable bonds is 6. The summed E-state index contributed by atoms with van der Waals surface area (Å²) in [6.07, 6.45) is -0.816. The zero-order valence-corrected chi connectivity index (χ0v) is 19.3. The molecule has 2 heterocycles. The van der Waals surface area contributed by atoms with Crippen molar-refractivity contribution in [3.05, 3.63) is 32.6 Å². The van der Waals surface area contributed by atoms with Gasteiger partial charge in [0.1, 0.15) is 18.4 Å². The van der Waals surface area contributed by atoms with Crippen LogP contribution in [0.15, 0.2) is 15.8 Å². The zero-order valence-electron chi connectivity index (χ0n) is 17.4. The number of halogens is 1. The Hall–Kier alpha value is -1.06. The van der Waals surface area contributed by atoms with Crippen molar-refractivity contribution < 1.29 is 22.4 Å². The van der Waals surface area contributed by atoms with E-state index in [9.17, 15) is 18.4 Å². The monoisotopic (exact) mass is 436 g/mol. The van der Waals surface area contributed by atoms with Crippen LogP contribution < -0.4 is 11.2 Å². The van der Waals surface area contributed by atoms with E-state index in [2.05, 4.69) is 38.8 Å². The van der Waals surface area contributed by atoms with Gasteiger partial charge >= 0.3 is 13.4 Å². The molecule has 8 nitrogen and oxygen atoms in total. The van der Waals surface area contributed by atoms with E-state index in [-0.39, 0.29) is 18.1 Å². The van der Waals surface area contributed by atoms with Gasteiger partial charge in [0.25, 0.3) is 5.56 Å². The minimum atomic E-state index is -4.27. The first kappa shape index (κ1) is 23.2. The van der Waals surface area contributed by atoms with E-state index in [1.807, 2.05) is 0 Å². The molecule has 0 bridgehead atoms. The maximum absolute atomic E-state index is 13.7. The second-order valence-corrected chi connectivity index (χ2v) is 15.3. The van der Waals surface area contributed by atoms with E-state index < -0.39 is 45.7 Å². The van der Waals surface area contributed by atoms with Gasteiger partial charge in [0.2, 0.25) is 0 Å². The lowest BCUT2D eigenvalue weighted by Crippen LogP contribution is -2.44. The lowest BCUT2D eigenvalue weighted by atomic mass is 10.2. The lowest BCUT2D eigenvalue weighted by Gasteiger charge is -2.37. The molecule has 0 aromatic carbocycles. The van der Waals surface area contributed by atoms with Gasteiger partial charge < -0.3 is 9.16 Å². The summed E-state index contributed by atoms with van der Waals surface area (Å²) in [5, 5.41) is -0.0333. The van der Waals surface area contributed by atoms with Crippen LogP contribution in [0.4, 0.5) is 4.20 Å². The number of nitrogens with zero attached hydrogens (tertiary/aromatic N) is 1. The summed E-state index contributed by atoms with van der Waals surface area (Å²) in [7, 11) is -6.37. The molecule has 0 amide bonds. The van der Waals surface area contributed by atoms with Crippen molar-refractivity contribution in [2.75, 3.05) is 13.3 Å². The minimum absolute atomic E-state index is 0.0333. The van der Waals surface area contributed by atoms with Gasteiger partial charge in [0.05, 0.1) is 6.61 Å². The Balaban J connectivity index is 2.25. The molecular weight excluding hydrogens is 406 g/mol. The molecule has 0 spiro atoms. The third kappa shape index (κ3) is 5.51. The van der Waals surface area contributed by atoms with Gasteiger partial charge in [-0.15, -0.1) is 0 Å². The Labute approximate surface area is 165 Å². The maximum atomic E-state index is 13.7. The van der Waals surface area contributed by atoms with Crippen molar-refractivity contribution in [2.24, 2.45) is 0 Å². The van der Waals surface area contributed by atoms with Gasteiger partial charge in [0, 0.05) is 24.8 Å². The molecule has 1 unspecified atom stereocenters. The second kappa shape index (κ2) is 7.99. The highest BCUT2D eigenvalue weighted by molar-refractivity contribution is 7.52. The molecule has 0 radical (unpaired) electrons. The largest absolute Gasteiger partial charge is 0.414 e. The maximum Gasteiger partial charge on any atom is 0.364 e. The first-order valence-electron chi connectivity index (χ1n) is 9.18. The number of aromatic nitrogens is 2. The van der Waals surface area contributed by atoms with Gasteiger partial charge in [0.15, 0.2) is 8.32 Å². The fourth-order valence-electron chi connectivity index (χ4n) is 2.68. The lowest BCUT2D eigenvalue weighted by molar-refractivity contribution is -0.0399. The van der Waals surface area contributed by atoms with Crippen molar-refractivity contribution in [1.29, 1.82) is 0 Å². The fraction of sp³-hybridized carbons (Fsp3) is 0.765. The van der Waals surface area contributed by atoms with Gasteiger partial charge in [-0.1, -0.05) is 20.8 Å². The molecule has 1 aliphatic heterocycles. The van der Waals surface area contributed by atoms with Crippen LogP contribution in [0, 0.1) is 6.92 Å². The second-order valence-electron chi connectivity index (χ2n) is 8.81. The van der Waals surface area contributed by atoms with Crippen molar-refractivity contribution in [2.45, 2.75) is 70.7 Å². The van der Waals surface area contributed by atoms with Gasteiger partial charge in [-0.2, -0.15) is 4.20 Å². The summed E-state index contributed by atoms with van der Waals surface area (Å²) < 4.78 is 43.8. The average Bonchev–Trinajstić information content (AvgIpc) is 2.88. The fourth-order valence-corrected chi connectivity index (χ4v) is 4.40. The molecule has 1 N–H and O–H groups in total. The predicted octanol–water partition coefficient (Wildman–Crippen LogP) is 3.33. The first-order chi connectivity index (χ1) is 12.6. The van der Waals surface area contributed by atoms with Crippen LogP contribution >= 0.6 is 7.68 Å². The zero-order chi connectivity index (χ0) is 21.5. The molecule has 160 valence electrons. The van der Waals surface area contributed by atoms with E-state index in [0.29, 0.717) is 5.56 Å². The molecule has 0 aliphatic carbocycles. The van der Waals surface area contributed by atoms with Crippen LogP contribution in [0.2, 0.25) is 18.1 Å². The molecule has 1 fully saturated rings. The van der Waals surface area contributed by atoms with Crippen LogP contribution in [-0.4, -0.2) is 43.3 Å². The standard InChI is InChI=1S/C17H30FN2O6PSi/c1-11-9-20(16(22)19-15(11)21)14-8-12(26-27(5,18)23)13(25-14)10-24-28(6,7)17(2,3)4/h9,12-14H,8,10H2,1-7H3,(H,19,21,22)/t12-,13+,14+,27?/m0/s1. The number of H-pyrrole nitrogens is 1. The predicted molar refractivity (Wildman–Crippen MR) is 107 cm³/mol. The molecule has 4 atom stereocenters. The minimum Gasteiger partial charge on any atom is -0.414 e. The highest BCUT2D eigenvalue weighted by Crippen LogP contribution is 2.49. The normalized spacial score (nSPS) is 25.6. The molecule has 1 saturated heterocycles. The van der Waals surface area contributed by atoms with E-state index in [0.717, 1.165) is 6.66 Å². The van der Waals surface area contributed by atoms with Crippen molar-refractivity contribution >= 4 is 16.0 Å². The Bertz CT molecular complexity index is 872. The molecule has 11 heteroatoms. The number of ether oxygens (including phenoxy) is 1. The summed E-state index contributed by atoms with van der Waals surface area (Å²) in [6, 6.07) is 0. The first-order valence-corrected chi connectivity index (χ1v) is 14.0. The molecule has 2 rings (SSSR count). The Kier molecular flexibility index (Phi) is 6.62. The van der Waals surface area contributed by atoms with E-state index >= 15 is 0 Å². The summed E-state index contributed by atoms with van der Waals surface area (Å²) in [5.74, 6) is 0. The Morgan fingerprint density at radius 1 is 1.39 bits per heavy atom. The van der Waals surface area contributed by atoms with Crippen LogP contribution in [-0.2, 0) is 18.3 Å². The summed E-state index contributed by atoms with van der Waals surface area (Å²) in [6.45, 7) is 13.0. The summed E-state index contributed by atoms with van der Waals surface area (Å²) in [4.78, 5) is 26.0. The summed E-state index contributed by atoms with van der Waals surface area (Å²) in [5.41, 5.74) is -0.773. The van der Waals surface area contributed by atoms with Crippen molar-refractivity contribution in [3.8, 4) is 0 Å².